The molecule has 1 aromatic carbocycles. The fraction of sp³-hybridized carbons (Fsp3) is 0.455. The highest BCUT2D eigenvalue weighted by Gasteiger charge is 2.25. The van der Waals surface area contributed by atoms with Crippen LogP contribution in [-0.4, -0.2) is 52.4 Å². The van der Waals surface area contributed by atoms with E-state index < -0.39 is 0 Å². The standard InChI is InChI=1S/C22H29N3O2/c1-22(2,3)19-7-5-17(6-8-19)15-20(26)24-11-13-25(14-12-24)21(27)18-9-10-23(4)16-18/h5-10,16H,11-15H2,1-4H3. The Hall–Kier alpha value is -2.56. The van der Waals surface area contributed by atoms with Crippen LogP contribution in [0.4, 0.5) is 0 Å². The molecule has 27 heavy (non-hydrogen) atoms. The SMILES string of the molecule is Cn1ccc(C(=O)N2CCN(C(=O)Cc3ccc(C(C)(C)C)cc3)CC2)c1. The summed E-state index contributed by atoms with van der Waals surface area (Å²) in [6.45, 7) is 8.91. The van der Waals surface area contributed by atoms with Gasteiger partial charge in [-0.3, -0.25) is 9.59 Å². The van der Waals surface area contributed by atoms with Crippen molar-refractivity contribution < 1.29 is 9.59 Å². The Balaban J connectivity index is 1.53. The number of carbonyl (C=O) groups is 2. The van der Waals surface area contributed by atoms with Crippen molar-refractivity contribution in [3.63, 3.8) is 0 Å². The van der Waals surface area contributed by atoms with Crippen LogP contribution in [0.15, 0.2) is 42.7 Å². The molecule has 1 saturated heterocycles. The van der Waals surface area contributed by atoms with E-state index >= 15 is 0 Å². The van der Waals surface area contributed by atoms with Crippen LogP contribution in [0.1, 0.15) is 42.3 Å². The number of hydrogen-bond acceptors (Lipinski definition) is 2. The number of nitrogens with zero attached hydrogens (tertiary/aromatic N) is 3. The quantitative estimate of drug-likeness (QED) is 0.837. The van der Waals surface area contributed by atoms with Gasteiger partial charge in [0.2, 0.25) is 5.91 Å². The number of rotatable bonds is 3. The van der Waals surface area contributed by atoms with Gasteiger partial charge in [-0.2, -0.15) is 0 Å². The van der Waals surface area contributed by atoms with Crippen LogP contribution in [0.3, 0.4) is 0 Å². The molecule has 2 amide bonds. The molecular weight excluding hydrogens is 338 g/mol. The van der Waals surface area contributed by atoms with Crippen LogP contribution < -0.4 is 0 Å². The van der Waals surface area contributed by atoms with Crippen molar-refractivity contribution in [2.24, 2.45) is 7.05 Å². The van der Waals surface area contributed by atoms with E-state index in [2.05, 4.69) is 32.9 Å². The number of piperazine rings is 1. The zero-order valence-corrected chi connectivity index (χ0v) is 16.7. The summed E-state index contributed by atoms with van der Waals surface area (Å²) >= 11 is 0. The molecule has 0 unspecified atom stereocenters. The van der Waals surface area contributed by atoms with Crippen LogP contribution in [0.5, 0.6) is 0 Å². The molecule has 2 heterocycles. The zero-order valence-electron chi connectivity index (χ0n) is 16.7. The van der Waals surface area contributed by atoms with Gasteiger partial charge in [-0.05, 0) is 22.6 Å². The molecule has 5 nitrogen and oxygen atoms in total. The second-order valence-electron chi connectivity index (χ2n) is 8.36. The van der Waals surface area contributed by atoms with Gasteiger partial charge in [0.05, 0.1) is 12.0 Å². The number of aryl methyl sites for hydroxylation is 1. The van der Waals surface area contributed by atoms with Gasteiger partial charge < -0.3 is 14.4 Å². The Bertz CT molecular complexity index is 807. The van der Waals surface area contributed by atoms with Gasteiger partial charge in [0.15, 0.2) is 0 Å². The Kier molecular flexibility index (Phi) is 5.40. The first-order valence-electron chi connectivity index (χ1n) is 9.52. The lowest BCUT2D eigenvalue weighted by Gasteiger charge is -2.34. The summed E-state index contributed by atoms with van der Waals surface area (Å²) in [4.78, 5) is 28.8. The third-order valence-corrected chi connectivity index (χ3v) is 5.17. The van der Waals surface area contributed by atoms with E-state index in [0.717, 1.165) is 5.56 Å². The van der Waals surface area contributed by atoms with Crippen molar-refractivity contribution in [1.29, 1.82) is 0 Å². The molecule has 2 aromatic rings. The largest absolute Gasteiger partial charge is 0.356 e. The maximum absolute atomic E-state index is 12.6. The highest BCUT2D eigenvalue weighted by atomic mass is 16.2. The van der Waals surface area contributed by atoms with Gasteiger partial charge in [-0.15, -0.1) is 0 Å². The van der Waals surface area contributed by atoms with Gasteiger partial charge in [-0.1, -0.05) is 45.0 Å². The van der Waals surface area contributed by atoms with Crippen molar-refractivity contribution in [1.82, 2.24) is 14.4 Å². The molecule has 0 saturated carbocycles. The van der Waals surface area contributed by atoms with Crippen molar-refractivity contribution in [3.05, 3.63) is 59.4 Å². The minimum atomic E-state index is 0.0421. The molecule has 1 aromatic heterocycles. The summed E-state index contributed by atoms with van der Waals surface area (Å²) in [5, 5.41) is 0. The van der Waals surface area contributed by atoms with E-state index in [1.54, 1.807) is 0 Å². The predicted octanol–water partition coefficient (Wildman–Crippen LogP) is 2.85. The van der Waals surface area contributed by atoms with Gasteiger partial charge in [0, 0.05) is 45.6 Å². The minimum absolute atomic E-state index is 0.0421. The lowest BCUT2D eigenvalue weighted by Crippen LogP contribution is -2.50. The highest BCUT2D eigenvalue weighted by molar-refractivity contribution is 5.94. The normalized spacial score (nSPS) is 15.1. The molecule has 0 aliphatic carbocycles. The maximum atomic E-state index is 12.6. The van der Waals surface area contributed by atoms with E-state index in [1.165, 1.54) is 5.56 Å². The number of amides is 2. The predicted molar refractivity (Wildman–Crippen MR) is 107 cm³/mol. The average Bonchev–Trinajstić information content (AvgIpc) is 3.07. The Morgan fingerprint density at radius 1 is 0.926 bits per heavy atom. The number of hydrogen-bond donors (Lipinski definition) is 0. The highest BCUT2D eigenvalue weighted by Crippen LogP contribution is 2.22. The maximum Gasteiger partial charge on any atom is 0.255 e. The zero-order chi connectivity index (χ0) is 19.6. The average molecular weight is 367 g/mol. The first-order valence-corrected chi connectivity index (χ1v) is 9.52. The van der Waals surface area contributed by atoms with Crippen LogP contribution in [0, 0.1) is 0 Å². The van der Waals surface area contributed by atoms with Crippen molar-refractivity contribution in [3.8, 4) is 0 Å². The molecule has 3 rings (SSSR count). The smallest absolute Gasteiger partial charge is 0.255 e. The number of aromatic nitrogens is 1. The molecule has 0 bridgehead atoms. The Morgan fingerprint density at radius 2 is 1.52 bits per heavy atom. The molecule has 0 radical (unpaired) electrons. The lowest BCUT2D eigenvalue weighted by atomic mass is 9.86. The third kappa shape index (κ3) is 4.59. The molecule has 1 aliphatic rings. The second-order valence-corrected chi connectivity index (χ2v) is 8.36. The van der Waals surface area contributed by atoms with Gasteiger partial charge >= 0.3 is 0 Å². The summed E-state index contributed by atoms with van der Waals surface area (Å²) in [6, 6.07) is 10.2. The van der Waals surface area contributed by atoms with Gasteiger partial charge in [0.1, 0.15) is 0 Å². The van der Waals surface area contributed by atoms with E-state index in [4.69, 9.17) is 0 Å². The van der Waals surface area contributed by atoms with Crippen molar-refractivity contribution in [2.45, 2.75) is 32.6 Å². The fourth-order valence-corrected chi connectivity index (χ4v) is 3.38. The minimum Gasteiger partial charge on any atom is -0.356 e. The number of benzene rings is 1. The summed E-state index contributed by atoms with van der Waals surface area (Å²) in [7, 11) is 1.90. The second kappa shape index (κ2) is 7.59. The summed E-state index contributed by atoms with van der Waals surface area (Å²) in [6.07, 6.45) is 4.12. The molecule has 1 fully saturated rings. The summed E-state index contributed by atoms with van der Waals surface area (Å²) in [5.41, 5.74) is 3.13. The molecule has 0 atom stereocenters. The first kappa shape index (κ1) is 19.2. The van der Waals surface area contributed by atoms with E-state index in [9.17, 15) is 9.59 Å². The summed E-state index contributed by atoms with van der Waals surface area (Å²) in [5.74, 6) is 0.172. The fourth-order valence-electron chi connectivity index (χ4n) is 3.38. The molecule has 144 valence electrons. The Morgan fingerprint density at radius 3 is 2.04 bits per heavy atom. The van der Waals surface area contributed by atoms with E-state index in [0.29, 0.717) is 38.2 Å². The van der Waals surface area contributed by atoms with Crippen molar-refractivity contribution in [2.75, 3.05) is 26.2 Å². The molecule has 1 aliphatic heterocycles. The Labute approximate surface area is 161 Å². The van der Waals surface area contributed by atoms with E-state index in [-0.39, 0.29) is 17.2 Å². The monoisotopic (exact) mass is 367 g/mol. The summed E-state index contributed by atoms with van der Waals surface area (Å²) < 4.78 is 1.87. The topological polar surface area (TPSA) is 45.6 Å². The molecule has 5 heteroatoms. The van der Waals surface area contributed by atoms with E-state index in [1.807, 2.05) is 52.0 Å². The van der Waals surface area contributed by atoms with Crippen LogP contribution in [-0.2, 0) is 23.7 Å². The van der Waals surface area contributed by atoms with Crippen LogP contribution >= 0.6 is 0 Å². The molecule has 0 N–H and O–H groups in total. The third-order valence-electron chi connectivity index (χ3n) is 5.17. The van der Waals surface area contributed by atoms with Crippen LogP contribution in [0.25, 0.3) is 0 Å². The van der Waals surface area contributed by atoms with Gasteiger partial charge in [-0.25, -0.2) is 0 Å². The van der Waals surface area contributed by atoms with Crippen LogP contribution in [0.2, 0.25) is 0 Å². The number of carbonyl (C=O) groups excluding carboxylic acids is 2. The lowest BCUT2D eigenvalue weighted by molar-refractivity contribution is -0.131. The van der Waals surface area contributed by atoms with Gasteiger partial charge in [0.25, 0.3) is 5.91 Å². The van der Waals surface area contributed by atoms with Crippen molar-refractivity contribution >= 4 is 11.8 Å². The first-order chi connectivity index (χ1) is 12.7. The molecular formula is C22H29N3O2. The molecule has 0 spiro atoms.